The molecule has 13 heavy (non-hydrogen) atoms. The second kappa shape index (κ2) is 4.93. The number of benzene rings is 1. The minimum atomic E-state index is -0.933. The molecule has 2 nitrogen and oxygen atoms in total. The Hall–Kier alpha value is -1.83. The lowest BCUT2D eigenvalue weighted by atomic mass is 10.2. The van der Waals surface area contributed by atoms with Crippen LogP contribution < -0.4 is 0 Å². The van der Waals surface area contributed by atoms with Crippen LogP contribution in [0.15, 0.2) is 48.6 Å². The summed E-state index contributed by atoms with van der Waals surface area (Å²) < 4.78 is 0. The maximum atomic E-state index is 10.1. The fourth-order valence-corrected chi connectivity index (χ4v) is 0.869. The number of carbonyl (C=O) groups is 1. The van der Waals surface area contributed by atoms with Gasteiger partial charge in [-0.15, -0.1) is 0 Å². The van der Waals surface area contributed by atoms with Gasteiger partial charge in [0.15, 0.2) is 0 Å². The van der Waals surface area contributed by atoms with E-state index in [9.17, 15) is 4.79 Å². The molecule has 0 saturated heterocycles. The summed E-state index contributed by atoms with van der Waals surface area (Å²) in [5.41, 5.74) is 1.05. The number of allylic oxidation sites excluding steroid dienone is 2. The van der Waals surface area contributed by atoms with Crippen LogP contribution in [0.5, 0.6) is 0 Å². The van der Waals surface area contributed by atoms with Crippen LogP contribution in [0.4, 0.5) is 0 Å². The molecule has 1 N–H and O–H groups in total. The molecule has 0 aliphatic rings. The van der Waals surface area contributed by atoms with Gasteiger partial charge in [0.05, 0.1) is 0 Å². The normalized spacial score (nSPS) is 11.1. The number of aliphatic carboxylic acids is 1. The zero-order chi connectivity index (χ0) is 9.52. The molecule has 1 rings (SSSR count). The summed E-state index contributed by atoms with van der Waals surface area (Å²) in [6.07, 6.45) is 6.14. The van der Waals surface area contributed by atoms with E-state index in [4.69, 9.17) is 5.11 Å². The second-order valence-corrected chi connectivity index (χ2v) is 2.47. The van der Waals surface area contributed by atoms with Crippen molar-refractivity contribution in [3.63, 3.8) is 0 Å². The highest BCUT2D eigenvalue weighted by Gasteiger charge is 1.82. The van der Waals surface area contributed by atoms with Crippen LogP contribution >= 0.6 is 0 Å². The van der Waals surface area contributed by atoms with Crippen LogP contribution in [0.2, 0.25) is 0 Å². The molecule has 0 radical (unpaired) electrons. The van der Waals surface area contributed by atoms with E-state index in [0.29, 0.717) is 0 Å². The van der Waals surface area contributed by atoms with Gasteiger partial charge in [-0.25, -0.2) is 4.79 Å². The smallest absolute Gasteiger partial charge is 0.328 e. The van der Waals surface area contributed by atoms with Gasteiger partial charge in [0, 0.05) is 6.08 Å². The summed E-state index contributed by atoms with van der Waals surface area (Å²) in [6.45, 7) is 0. The summed E-state index contributed by atoms with van der Waals surface area (Å²) in [5, 5.41) is 8.29. The van der Waals surface area contributed by atoms with Crippen molar-refractivity contribution >= 4 is 12.0 Å². The van der Waals surface area contributed by atoms with Crippen LogP contribution in [0.1, 0.15) is 5.56 Å². The van der Waals surface area contributed by atoms with Gasteiger partial charge in [0.25, 0.3) is 0 Å². The van der Waals surface area contributed by atoms with Gasteiger partial charge in [0.1, 0.15) is 0 Å². The molecule has 0 bridgehead atoms. The molecule has 1 aromatic carbocycles. The van der Waals surface area contributed by atoms with Crippen LogP contribution in [0.3, 0.4) is 0 Å². The minimum absolute atomic E-state index is 0.933. The molecule has 0 atom stereocenters. The molecule has 0 unspecified atom stereocenters. The average molecular weight is 174 g/mol. The Kier molecular flexibility index (Phi) is 3.51. The summed E-state index contributed by atoms with van der Waals surface area (Å²) in [6, 6.07) is 9.70. The summed E-state index contributed by atoms with van der Waals surface area (Å²) >= 11 is 0. The first kappa shape index (κ1) is 9.26. The van der Waals surface area contributed by atoms with Gasteiger partial charge in [-0.2, -0.15) is 0 Å². The lowest BCUT2D eigenvalue weighted by Crippen LogP contribution is -1.84. The van der Waals surface area contributed by atoms with E-state index in [2.05, 4.69) is 0 Å². The Morgan fingerprint density at radius 1 is 1.15 bits per heavy atom. The average Bonchev–Trinajstić information content (AvgIpc) is 2.14. The van der Waals surface area contributed by atoms with Crippen LogP contribution in [-0.4, -0.2) is 11.1 Å². The molecule has 0 aliphatic carbocycles. The van der Waals surface area contributed by atoms with E-state index in [1.165, 1.54) is 6.08 Å². The van der Waals surface area contributed by atoms with Crippen LogP contribution in [0.25, 0.3) is 6.08 Å². The molecule has 2 heteroatoms. The second-order valence-electron chi connectivity index (χ2n) is 2.47. The van der Waals surface area contributed by atoms with Gasteiger partial charge in [0.2, 0.25) is 0 Å². The molecule has 0 aromatic heterocycles. The number of rotatable bonds is 3. The van der Waals surface area contributed by atoms with Crippen molar-refractivity contribution in [2.45, 2.75) is 0 Å². The number of carboxylic acids is 1. The summed E-state index contributed by atoms with van der Waals surface area (Å²) in [4.78, 5) is 10.1. The fourth-order valence-electron chi connectivity index (χ4n) is 0.869. The Labute approximate surface area is 76.8 Å². The fraction of sp³-hybridized carbons (Fsp3) is 0. The molecule has 0 fully saturated rings. The highest BCUT2D eigenvalue weighted by atomic mass is 16.4. The Morgan fingerprint density at radius 2 is 1.85 bits per heavy atom. The predicted octanol–water partition coefficient (Wildman–Crippen LogP) is 2.34. The third-order valence-electron chi connectivity index (χ3n) is 1.44. The SMILES string of the molecule is O=C(O)/C=C/C=C\c1ccccc1. The topological polar surface area (TPSA) is 37.3 Å². The highest BCUT2D eigenvalue weighted by molar-refractivity contribution is 5.80. The van der Waals surface area contributed by atoms with E-state index in [1.807, 2.05) is 36.4 Å². The van der Waals surface area contributed by atoms with Gasteiger partial charge in [-0.3, -0.25) is 0 Å². The van der Waals surface area contributed by atoms with Crippen molar-refractivity contribution < 1.29 is 9.90 Å². The van der Waals surface area contributed by atoms with E-state index in [1.54, 1.807) is 6.08 Å². The van der Waals surface area contributed by atoms with Crippen LogP contribution in [-0.2, 0) is 4.79 Å². The largest absolute Gasteiger partial charge is 0.478 e. The van der Waals surface area contributed by atoms with Crippen molar-refractivity contribution in [1.29, 1.82) is 0 Å². The van der Waals surface area contributed by atoms with Crippen molar-refractivity contribution in [3.05, 3.63) is 54.1 Å². The maximum Gasteiger partial charge on any atom is 0.328 e. The molecular formula is C11H10O2. The monoisotopic (exact) mass is 174 g/mol. The molecule has 0 saturated carbocycles. The molecule has 0 spiro atoms. The first-order valence-corrected chi connectivity index (χ1v) is 3.92. The lowest BCUT2D eigenvalue weighted by molar-refractivity contribution is -0.131. The van der Waals surface area contributed by atoms with Crippen molar-refractivity contribution in [2.24, 2.45) is 0 Å². The molecule has 0 amide bonds. The van der Waals surface area contributed by atoms with Gasteiger partial charge >= 0.3 is 5.97 Å². The summed E-state index contributed by atoms with van der Waals surface area (Å²) in [5.74, 6) is -0.933. The van der Waals surface area contributed by atoms with E-state index in [0.717, 1.165) is 11.6 Å². The van der Waals surface area contributed by atoms with Gasteiger partial charge in [-0.1, -0.05) is 48.6 Å². The Morgan fingerprint density at radius 3 is 2.46 bits per heavy atom. The minimum Gasteiger partial charge on any atom is -0.478 e. The third kappa shape index (κ3) is 3.91. The van der Waals surface area contributed by atoms with Crippen LogP contribution in [0, 0.1) is 0 Å². The zero-order valence-corrected chi connectivity index (χ0v) is 7.05. The Bertz CT molecular complexity index is 323. The van der Waals surface area contributed by atoms with E-state index < -0.39 is 5.97 Å². The molecule has 0 aliphatic heterocycles. The number of carboxylic acid groups (broad SMARTS) is 1. The van der Waals surface area contributed by atoms with Crippen molar-refractivity contribution in [1.82, 2.24) is 0 Å². The van der Waals surface area contributed by atoms with Crippen molar-refractivity contribution in [2.75, 3.05) is 0 Å². The van der Waals surface area contributed by atoms with Gasteiger partial charge < -0.3 is 5.11 Å². The van der Waals surface area contributed by atoms with Crippen molar-refractivity contribution in [3.8, 4) is 0 Å². The first-order valence-electron chi connectivity index (χ1n) is 3.92. The summed E-state index contributed by atoms with van der Waals surface area (Å²) in [7, 11) is 0. The highest BCUT2D eigenvalue weighted by Crippen LogP contribution is 2.00. The molecule has 0 heterocycles. The quantitative estimate of drug-likeness (QED) is 0.564. The lowest BCUT2D eigenvalue weighted by Gasteiger charge is -1.87. The maximum absolute atomic E-state index is 10.1. The zero-order valence-electron chi connectivity index (χ0n) is 7.05. The first-order chi connectivity index (χ1) is 6.29. The molecular weight excluding hydrogens is 164 g/mol. The van der Waals surface area contributed by atoms with Gasteiger partial charge in [-0.05, 0) is 5.56 Å². The molecule has 66 valence electrons. The third-order valence-corrected chi connectivity index (χ3v) is 1.44. The number of hydrogen-bond donors (Lipinski definition) is 1. The Balaban J connectivity index is 2.55. The van der Waals surface area contributed by atoms with E-state index in [-0.39, 0.29) is 0 Å². The standard InChI is InChI=1S/C11H10O2/c12-11(13)9-5-4-8-10-6-2-1-3-7-10/h1-9H,(H,12,13)/b8-4-,9-5+. The van der Waals surface area contributed by atoms with E-state index >= 15 is 0 Å². The molecule has 1 aromatic rings. The number of hydrogen-bond acceptors (Lipinski definition) is 1. The predicted molar refractivity (Wildman–Crippen MR) is 52.3 cm³/mol.